The van der Waals surface area contributed by atoms with Crippen LogP contribution in [-0.4, -0.2) is 52.5 Å². The first-order valence-corrected chi connectivity index (χ1v) is 9.84. The van der Waals surface area contributed by atoms with Crippen LogP contribution in [0.25, 0.3) is 10.9 Å². The van der Waals surface area contributed by atoms with E-state index in [1.54, 1.807) is 12.1 Å². The largest absolute Gasteiger partial charge is 0.380 e. The fourth-order valence-electron chi connectivity index (χ4n) is 3.77. The number of benzene rings is 2. The van der Waals surface area contributed by atoms with E-state index in [0.717, 1.165) is 43.9 Å². The van der Waals surface area contributed by atoms with E-state index in [4.69, 9.17) is 0 Å². The van der Waals surface area contributed by atoms with E-state index in [1.807, 2.05) is 13.0 Å². The molecule has 0 spiro atoms. The van der Waals surface area contributed by atoms with E-state index in [2.05, 4.69) is 49.4 Å². The molecule has 0 bridgehead atoms. The molecule has 2 aromatic carbocycles. The Hall–Kier alpha value is -3.26. The summed E-state index contributed by atoms with van der Waals surface area (Å²) in [6, 6.07) is 13.8. The number of piperazine rings is 1. The van der Waals surface area contributed by atoms with Crippen molar-refractivity contribution in [1.82, 2.24) is 14.9 Å². The molecule has 4 rings (SSSR count). The van der Waals surface area contributed by atoms with E-state index in [-0.39, 0.29) is 10.6 Å². The van der Waals surface area contributed by atoms with Crippen molar-refractivity contribution in [2.45, 2.75) is 13.5 Å². The van der Waals surface area contributed by atoms with Crippen LogP contribution in [0.3, 0.4) is 0 Å². The molecule has 1 aliphatic rings. The number of nitrogens with one attached hydrogen (secondary N) is 1. The maximum absolute atomic E-state index is 11.5. The van der Waals surface area contributed by atoms with Gasteiger partial charge in [0.1, 0.15) is 17.8 Å². The van der Waals surface area contributed by atoms with Crippen LogP contribution in [0.15, 0.2) is 48.8 Å². The highest BCUT2D eigenvalue weighted by Crippen LogP contribution is 2.33. The number of anilines is 2. The molecule has 1 aromatic heterocycles. The lowest BCUT2D eigenvalue weighted by molar-refractivity contribution is -0.383. The van der Waals surface area contributed by atoms with Crippen molar-refractivity contribution in [3.8, 4) is 0 Å². The highest BCUT2D eigenvalue weighted by atomic mass is 16.6. The molecule has 2 heterocycles. The minimum atomic E-state index is -0.355. The quantitative estimate of drug-likeness (QED) is 0.509. The summed E-state index contributed by atoms with van der Waals surface area (Å²) in [6.45, 7) is 6.91. The summed E-state index contributed by atoms with van der Waals surface area (Å²) in [7, 11) is 0. The number of hydrogen-bond acceptors (Lipinski definition) is 7. The summed E-state index contributed by atoms with van der Waals surface area (Å²) < 4.78 is 0. The molecule has 150 valence electrons. The molecule has 1 aliphatic heterocycles. The third kappa shape index (κ3) is 4.12. The van der Waals surface area contributed by atoms with E-state index in [1.165, 1.54) is 11.9 Å². The Bertz CT molecular complexity index is 1000. The predicted octanol–water partition coefficient (Wildman–Crippen LogP) is 3.29. The van der Waals surface area contributed by atoms with Gasteiger partial charge in [0.05, 0.1) is 10.4 Å². The van der Waals surface area contributed by atoms with Crippen molar-refractivity contribution in [1.29, 1.82) is 0 Å². The van der Waals surface area contributed by atoms with Crippen molar-refractivity contribution >= 4 is 28.1 Å². The van der Waals surface area contributed by atoms with Crippen molar-refractivity contribution < 1.29 is 4.92 Å². The Morgan fingerprint density at radius 2 is 1.86 bits per heavy atom. The van der Waals surface area contributed by atoms with Gasteiger partial charge in [0.2, 0.25) is 0 Å². The molecule has 8 heteroatoms. The number of nitro groups is 1. The summed E-state index contributed by atoms with van der Waals surface area (Å²) in [5.41, 5.74) is 2.56. The second-order valence-electron chi connectivity index (χ2n) is 7.12. The Balaban J connectivity index is 1.56. The van der Waals surface area contributed by atoms with Gasteiger partial charge in [0, 0.05) is 50.7 Å². The maximum Gasteiger partial charge on any atom is 0.293 e. The van der Waals surface area contributed by atoms with Gasteiger partial charge < -0.3 is 10.2 Å². The SMILES string of the molecule is CCNc1cc2ncnc(N3CCN(Cc4ccccc4)CC3)c2cc1[N+](=O)[O-]. The number of nitrogens with zero attached hydrogens (tertiary/aromatic N) is 5. The fourth-order valence-corrected chi connectivity index (χ4v) is 3.77. The monoisotopic (exact) mass is 392 g/mol. The first-order valence-electron chi connectivity index (χ1n) is 9.84. The molecule has 0 saturated carbocycles. The smallest absolute Gasteiger partial charge is 0.293 e. The Labute approximate surface area is 169 Å². The first kappa shape index (κ1) is 19.1. The van der Waals surface area contributed by atoms with E-state index < -0.39 is 0 Å². The van der Waals surface area contributed by atoms with Gasteiger partial charge in [-0.25, -0.2) is 9.97 Å². The highest BCUT2D eigenvalue weighted by molar-refractivity contribution is 5.94. The summed E-state index contributed by atoms with van der Waals surface area (Å²) in [5, 5.41) is 15.3. The zero-order chi connectivity index (χ0) is 20.2. The number of fused-ring (bicyclic) bond motifs is 1. The highest BCUT2D eigenvalue weighted by Gasteiger charge is 2.23. The molecule has 1 fully saturated rings. The van der Waals surface area contributed by atoms with Gasteiger partial charge >= 0.3 is 0 Å². The average molecular weight is 392 g/mol. The fraction of sp³-hybridized carbons (Fsp3) is 0.333. The molecule has 0 atom stereocenters. The standard InChI is InChI=1S/C21H24N6O2/c1-2-22-19-13-18-17(12-20(19)27(28)29)21(24-15-23-18)26-10-8-25(9-11-26)14-16-6-4-3-5-7-16/h3-7,12-13,15,22H,2,8-11,14H2,1H3. The second-order valence-corrected chi connectivity index (χ2v) is 7.12. The molecular formula is C21H24N6O2. The molecule has 0 radical (unpaired) electrons. The molecule has 29 heavy (non-hydrogen) atoms. The third-order valence-corrected chi connectivity index (χ3v) is 5.22. The Kier molecular flexibility index (Phi) is 5.53. The van der Waals surface area contributed by atoms with Gasteiger partial charge in [-0.1, -0.05) is 30.3 Å². The zero-order valence-electron chi connectivity index (χ0n) is 16.4. The number of aromatic nitrogens is 2. The van der Waals surface area contributed by atoms with Crippen molar-refractivity contribution in [3.63, 3.8) is 0 Å². The van der Waals surface area contributed by atoms with Gasteiger partial charge in [0.15, 0.2) is 0 Å². The van der Waals surface area contributed by atoms with E-state index in [9.17, 15) is 10.1 Å². The summed E-state index contributed by atoms with van der Waals surface area (Å²) in [6.07, 6.45) is 1.54. The summed E-state index contributed by atoms with van der Waals surface area (Å²) >= 11 is 0. The molecular weight excluding hydrogens is 368 g/mol. The lowest BCUT2D eigenvalue weighted by Gasteiger charge is -2.35. The topological polar surface area (TPSA) is 87.4 Å². The molecule has 0 unspecified atom stereocenters. The Morgan fingerprint density at radius 3 is 2.55 bits per heavy atom. The number of nitro benzene ring substituents is 1. The number of rotatable bonds is 6. The normalized spacial score (nSPS) is 14.9. The first-order chi connectivity index (χ1) is 14.2. The van der Waals surface area contributed by atoms with Crippen LogP contribution < -0.4 is 10.2 Å². The summed E-state index contributed by atoms with van der Waals surface area (Å²) in [5.74, 6) is 0.764. The molecule has 3 aromatic rings. The average Bonchev–Trinajstić information content (AvgIpc) is 2.74. The zero-order valence-corrected chi connectivity index (χ0v) is 16.4. The van der Waals surface area contributed by atoms with Crippen molar-refractivity contribution in [2.75, 3.05) is 42.9 Å². The van der Waals surface area contributed by atoms with E-state index >= 15 is 0 Å². The molecule has 0 amide bonds. The third-order valence-electron chi connectivity index (χ3n) is 5.22. The van der Waals surface area contributed by atoms with Crippen LogP contribution in [0, 0.1) is 10.1 Å². The van der Waals surface area contributed by atoms with Crippen LogP contribution >= 0.6 is 0 Å². The van der Waals surface area contributed by atoms with Gasteiger partial charge in [-0.15, -0.1) is 0 Å². The lowest BCUT2D eigenvalue weighted by Crippen LogP contribution is -2.46. The van der Waals surface area contributed by atoms with Gasteiger partial charge in [-0.05, 0) is 18.6 Å². The van der Waals surface area contributed by atoms with Crippen LogP contribution in [0.2, 0.25) is 0 Å². The summed E-state index contributed by atoms with van der Waals surface area (Å²) in [4.78, 5) is 24.6. The minimum absolute atomic E-state index is 0.0538. The molecule has 8 nitrogen and oxygen atoms in total. The van der Waals surface area contributed by atoms with Crippen LogP contribution in [-0.2, 0) is 6.54 Å². The van der Waals surface area contributed by atoms with Crippen LogP contribution in [0.1, 0.15) is 12.5 Å². The van der Waals surface area contributed by atoms with Gasteiger partial charge in [-0.3, -0.25) is 15.0 Å². The number of hydrogen-bond donors (Lipinski definition) is 1. The molecule has 0 aliphatic carbocycles. The minimum Gasteiger partial charge on any atom is -0.380 e. The van der Waals surface area contributed by atoms with E-state index in [0.29, 0.717) is 17.7 Å². The molecule has 1 saturated heterocycles. The van der Waals surface area contributed by atoms with Crippen LogP contribution in [0.5, 0.6) is 0 Å². The lowest BCUT2D eigenvalue weighted by atomic mass is 10.1. The van der Waals surface area contributed by atoms with Crippen molar-refractivity contribution in [2.24, 2.45) is 0 Å². The predicted molar refractivity (Wildman–Crippen MR) is 114 cm³/mol. The maximum atomic E-state index is 11.5. The molecule has 1 N–H and O–H groups in total. The Morgan fingerprint density at radius 1 is 1.10 bits per heavy atom. The van der Waals surface area contributed by atoms with Gasteiger partial charge in [-0.2, -0.15) is 0 Å². The second kappa shape index (κ2) is 8.40. The van der Waals surface area contributed by atoms with Gasteiger partial charge in [0.25, 0.3) is 5.69 Å². The van der Waals surface area contributed by atoms with Crippen molar-refractivity contribution in [3.05, 3.63) is 64.5 Å². The van der Waals surface area contributed by atoms with Crippen LogP contribution in [0.4, 0.5) is 17.2 Å².